The maximum absolute atomic E-state index is 12.3. The molecule has 1 saturated heterocycles. The molecule has 0 radical (unpaired) electrons. The lowest BCUT2D eigenvalue weighted by Gasteiger charge is -2.31. The Balaban J connectivity index is 1.97. The number of likely N-dealkylation sites (N-methyl/N-ethyl adjacent to an activating group) is 1. The van der Waals surface area contributed by atoms with Gasteiger partial charge < -0.3 is 9.80 Å². The zero-order valence-corrected chi connectivity index (χ0v) is 13.3. The van der Waals surface area contributed by atoms with Gasteiger partial charge in [-0.1, -0.05) is 23.7 Å². The van der Waals surface area contributed by atoms with Crippen LogP contribution in [0.4, 0.5) is 0 Å². The molecule has 21 heavy (non-hydrogen) atoms. The van der Waals surface area contributed by atoms with Gasteiger partial charge in [0, 0.05) is 25.0 Å². The van der Waals surface area contributed by atoms with Gasteiger partial charge >= 0.3 is 0 Å². The third kappa shape index (κ3) is 3.97. The van der Waals surface area contributed by atoms with E-state index in [1.807, 2.05) is 31.2 Å². The van der Waals surface area contributed by atoms with E-state index in [1.165, 1.54) is 0 Å². The number of carbonyl (C=O) groups is 2. The molecule has 1 unspecified atom stereocenters. The quantitative estimate of drug-likeness (QED) is 0.858. The lowest BCUT2D eigenvalue weighted by Crippen LogP contribution is -2.44. The van der Waals surface area contributed by atoms with Crippen molar-refractivity contribution in [3.8, 4) is 0 Å². The van der Waals surface area contributed by atoms with E-state index < -0.39 is 0 Å². The summed E-state index contributed by atoms with van der Waals surface area (Å²) in [6.45, 7) is 2.83. The first-order valence-electron chi connectivity index (χ1n) is 7.28. The summed E-state index contributed by atoms with van der Waals surface area (Å²) >= 11 is 5.88. The number of rotatable bonds is 4. The van der Waals surface area contributed by atoms with Crippen LogP contribution in [0.25, 0.3) is 0 Å². The van der Waals surface area contributed by atoms with E-state index in [2.05, 4.69) is 0 Å². The fourth-order valence-electron chi connectivity index (χ4n) is 2.48. The van der Waals surface area contributed by atoms with Crippen LogP contribution in [-0.2, 0) is 9.59 Å². The van der Waals surface area contributed by atoms with Crippen molar-refractivity contribution in [2.75, 3.05) is 20.1 Å². The van der Waals surface area contributed by atoms with Gasteiger partial charge in [0.2, 0.25) is 11.8 Å². The number of hydrogen-bond donors (Lipinski definition) is 0. The van der Waals surface area contributed by atoms with Crippen LogP contribution in [0.1, 0.15) is 37.8 Å². The predicted octanol–water partition coefficient (Wildman–Crippen LogP) is 2.87. The summed E-state index contributed by atoms with van der Waals surface area (Å²) in [4.78, 5) is 27.5. The Hall–Kier alpha value is -1.55. The van der Waals surface area contributed by atoms with E-state index in [9.17, 15) is 9.59 Å². The standard InChI is InChI=1S/C16H21ClN2O2/c1-12(13-6-8-14(17)9-7-13)18(2)16(21)11-19-10-4-3-5-15(19)20/h6-9,12H,3-5,10-11H2,1-2H3. The number of halogens is 1. The number of carbonyl (C=O) groups excluding carboxylic acids is 2. The van der Waals surface area contributed by atoms with Gasteiger partial charge in [0.05, 0.1) is 12.6 Å². The minimum atomic E-state index is -0.0466. The van der Waals surface area contributed by atoms with Crippen molar-refractivity contribution in [1.82, 2.24) is 9.80 Å². The molecule has 1 heterocycles. The average Bonchev–Trinajstić information content (AvgIpc) is 2.49. The summed E-state index contributed by atoms with van der Waals surface area (Å²) in [6.07, 6.45) is 2.47. The van der Waals surface area contributed by atoms with Crippen molar-refractivity contribution < 1.29 is 9.59 Å². The lowest BCUT2D eigenvalue weighted by atomic mass is 10.1. The lowest BCUT2D eigenvalue weighted by molar-refractivity contribution is -0.142. The minimum absolute atomic E-state index is 0.0345. The third-order valence-electron chi connectivity index (χ3n) is 4.07. The Morgan fingerprint density at radius 3 is 2.62 bits per heavy atom. The van der Waals surface area contributed by atoms with Gasteiger partial charge in [0.1, 0.15) is 0 Å². The van der Waals surface area contributed by atoms with Gasteiger partial charge in [-0.3, -0.25) is 9.59 Å². The molecule has 4 nitrogen and oxygen atoms in total. The highest BCUT2D eigenvalue weighted by Gasteiger charge is 2.24. The predicted molar refractivity (Wildman–Crippen MR) is 83.1 cm³/mol. The number of piperidine rings is 1. The van der Waals surface area contributed by atoms with Crippen LogP contribution in [0.15, 0.2) is 24.3 Å². The van der Waals surface area contributed by atoms with Gasteiger partial charge in [0.15, 0.2) is 0 Å². The fraction of sp³-hybridized carbons (Fsp3) is 0.500. The highest BCUT2D eigenvalue weighted by molar-refractivity contribution is 6.30. The molecule has 1 aromatic carbocycles. The maximum atomic E-state index is 12.3. The van der Waals surface area contributed by atoms with Gasteiger partial charge in [-0.2, -0.15) is 0 Å². The molecule has 1 aromatic rings. The van der Waals surface area contributed by atoms with E-state index in [1.54, 1.807) is 16.8 Å². The molecule has 0 N–H and O–H groups in total. The van der Waals surface area contributed by atoms with E-state index in [0.29, 0.717) is 18.0 Å². The summed E-state index contributed by atoms with van der Waals surface area (Å²) in [5, 5.41) is 0.679. The van der Waals surface area contributed by atoms with Crippen LogP contribution < -0.4 is 0 Å². The molecule has 0 aromatic heterocycles. The molecule has 2 amide bonds. The Morgan fingerprint density at radius 2 is 2.00 bits per heavy atom. The zero-order chi connectivity index (χ0) is 15.4. The summed E-state index contributed by atoms with van der Waals surface area (Å²) in [7, 11) is 1.77. The second-order valence-electron chi connectivity index (χ2n) is 5.50. The van der Waals surface area contributed by atoms with Crippen molar-refractivity contribution in [1.29, 1.82) is 0 Å². The molecule has 1 atom stereocenters. The number of nitrogens with zero attached hydrogens (tertiary/aromatic N) is 2. The molecule has 0 spiro atoms. The first-order valence-corrected chi connectivity index (χ1v) is 7.65. The van der Waals surface area contributed by atoms with E-state index in [0.717, 1.165) is 18.4 Å². The maximum Gasteiger partial charge on any atom is 0.242 e. The Bertz CT molecular complexity index is 516. The molecule has 1 aliphatic heterocycles. The molecule has 1 fully saturated rings. The summed E-state index contributed by atoms with van der Waals surface area (Å²) in [5.41, 5.74) is 1.03. The summed E-state index contributed by atoms with van der Waals surface area (Å²) < 4.78 is 0. The number of hydrogen-bond acceptors (Lipinski definition) is 2. The topological polar surface area (TPSA) is 40.6 Å². The van der Waals surface area contributed by atoms with E-state index in [4.69, 9.17) is 11.6 Å². The van der Waals surface area contributed by atoms with Crippen LogP contribution in [0.2, 0.25) is 5.02 Å². The number of amides is 2. The molecule has 0 aliphatic carbocycles. The summed E-state index contributed by atoms with van der Waals surface area (Å²) in [5.74, 6) is 0.0508. The molecular weight excluding hydrogens is 288 g/mol. The molecule has 5 heteroatoms. The van der Waals surface area contributed by atoms with Gasteiger partial charge in [-0.25, -0.2) is 0 Å². The van der Waals surface area contributed by atoms with Crippen molar-refractivity contribution in [2.45, 2.75) is 32.2 Å². The molecule has 114 valence electrons. The van der Waals surface area contributed by atoms with E-state index >= 15 is 0 Å². The number of likely N-dealkylation sites (tertiary alicyclic amines) is 1. The van der Waals surface area contributed by atoms with Crippen molar-refractivity contribution in [3.05, 3.63) is 34.9 Å². The zero-order valence-electron chi connectivity index (χ0n) is 12.5. The largest absolute Gasteiger partial charge is 0.337 e. The van der Waals surface area contributed by atoms with Crippen LogP contribution in [0.3, 0.4) is 0 Å². The minimum Gasteiger partial charge on any atom is -0.337 e. The molecular formula is C16H21ClN2O2. The second-order valence-corrected chi connectivity index (χ2v) is 5.94. The highest BCUT2D eigenvalue weighted by atomic mass is 35.5. The second kappa shape index (κ2) is 6.94. The average molecular weight is 309 g/mol. The SMILES string of the molecule is CC(c1ccc(Cl)cc1)N(C)C(=O)CN1CCCCC1=O. The highest BCUT2D eigenvalue weighted by Crippen LogP contribution is 2.21. The number of benzene rings is 1. The third-order valence-corrected chi connectivity index (χ3v) is 4.33. The monoisotopic (exact) mass is 308 g/mol. The normalized spacial score (nSPS) is 16.7. The molecule has 0 saturated carbocycles. The van der Waals surface area contributed by atoms with E-state index in [-0.39, 0.29) is 24.4 Å². The summed E-state index contributed by atoms with van der Waals surface area (Å²) in [6, 6.07) is 7.43. The van der Waals surface area contributed by atoms with Gasteiger partial charge in [-0.05, 0) is 37.5 Å². The molecule has 0 bridgehead atoms. The fourth-order valence-corrected chi connectivity index (χ4v) is 2.61. The first kappa shape index (κ1) is 15.8. The van der Waals surface area contributed by atoms with Crippen molar-refractivity contribution in [2.24, 2.45) is 0 Å². The Labute approximate surface area is 130 Å². The molecule has 2 rings (SSSR count). The van der Waals surface area contributed by atoms with Crippen LogP contribution >= 0.6 is 11.6 Å². The van der Waals surface area contributed by atoms with Crippen molar-refractivity contribution in [3.63, 3.8) is 0 Å². The smallest absolute Gasteiger partial charge is 0.242 e. The van der Waals surface area contributed by atoms with Gasteiger partial charge in [-0.15, -0.1) is 0 Å². The van der Waals surface area contributed by atoms with Gasteiger partial charge in [0.25, 0.3) is 0 Å². The van der Waals surface area contributed by atoms with Crippen LogP contribution in [0, 0.1) is 0 Å². The molecule has 1 aliphatic rings. The Morgan fingerprint density at radius 1 is 1.33 bits per heavy atom. The van der Waals surface area contributed by atoms with Crippen LogP contribution in [-0.4, -0.2) is 41.8 Å². The van der Waals surface area contributed by atoms with Crippen molar-refractivity contribution >= 4 is 23.4 Å². The van der Waals surface area contributed by atoms with Crippen LogP contribution in [0.5, 0.6) is 0 Å². The first-order chi connectivity index (χ1) is 9.99. The Kier molecular flexibility index (Phi) is 5.23.